The number of hydrogen-bond donors (Lipinski definition) is 0. The third-order valence-electron chi connectivity index (χ3n) is 3.65. The molecule has 0 bridgehead atoms. The number of carboxylic acid groups (broad SMARTS) is 1. The Morgan fingerprint density at radius 1 is 1.14 bits per heavy atom. The summed E-state index contributed by atoms with van der Waals surface area (Å²) in [5.74, 6) is -0.464. The van der Waals surface area contributed by atoms with Gasteiger partial charge >= 0.3 is 0 Å². The largest absolute Gasteiger partial charge is 0.545 e. The number of hydrogen-bond acceptors (Lipinski definition) is 4. The van der Waals surface area contributed by atoms with Crippen LogP contribution in [0.15, 0.2) is 48.5 Å². The highest BCUT2D eigenvalue weighted by atomic mass is 16.5. The number of methoxy groups -OCH3 is 1. The van der Waals surface area contributed by atoms with Crippen molar-refractivity contribution in [2.24, 2.45) is 0 Å². The fourth-order valence-electron chi connectivity index (χ4n) is 2.47. The number of carbonyl (C=O) groups is 1. The van der Waals surface area contributed by atoms with E-state index >= 15 is 0 Å². The normalized spacial score (nSPS) is 10.6. The molecule has 0 spiro atoms. The molecule has 0 radical (unpaired) electrons. The van der Waals surface area contributed by atoms with E-state index in [1.165, 1.54) is 0 Å². The minimum Gasteiger partial charge on any atom is -0.545 e. The van der Waals surface area contributed by atoms with Crippen LogP contribution in [0.25, 0.3) is 22.2 Å². The van der Waals surface area contributed by atoms with Crippen molar-refractivity contribution in [3.63, 3.8) is 0 Å². The second-order valence-corrected chi connectivity index (χ2v) is 5.04. The van der Waals surface area contributed by atoms with Crippen LogP contribution in [0.5, 0.6) is 5.75 Å². The van der Waals surface area contributed by atoms with E-state index < -0.39 is 5.97 Å². The van der Waals surface area contributed by atoms with Crippen LogP contribution in [0, 0.1) is 6.92 Å². The van der Waals surface area contributed by atoms with Crippen molar-refractivity contribution in [2.45, 2.75) is 6.92 Å². The molecule has 3 aromatic rings. The minimum absolute atomic E-state index is 0.152. The van der Waals surface area contributed by atoms with Gasteiger partial charge in [0.15, 0.2) is 0 Å². The lowest BCUT2D eigenvalue weighted by atomic mass is 10.0. The summed E-state index contributed by atoms with van der Waals surface area (Å²) in [6.45, 7) is 1.91. The van der Waals surface area contributed by atoms with Crippen LogP contribution in [0.3, 0.4) is 0 Å². The first kappa shape index (κ1) is 14.1. The van der Waals surface area contributed by atoms with Gasteiger partial charge in [0, 0.05) is 16.5 Å². The van der Waals surface area contributed by atoms with E-state index in [9.17, 15) is 9.90 Å². The first-order valence-corrected chi connectivity index (χ1v) is 6.86. The second-order valence-electron chi connectivity index (χ2n) is 5.04. The second kappa shape index (κ2) is 5.48. The molecule has 1 aromatic heterocycles. The number of nitrogens with zero attached hydrogens (tertiary/aromatic N) is 1. The van der Waals surface area contributed by atoms with Gasteiger partial charge in [-0.2, -0.15) is 0 Å². The Kier molecular flexibility index (Phi) is 3.51. The molecule has 0 aliphatic carbocycles. The lowest BCUT2D eigenvalue weighted by Crippen LogP contribution is -2.22. The molecule has 4 nitrogen and oxygen atoms in total. The summed E-state index contributed by atoms with van der Waals surface area (Å²) in [6, 6.07) is 14.4. The Morgan fingerprint density at radius 3 is 2.50 bits per heavy atom. The highest BCUT2D eigenvalue weighted by Crippen LogP contribution is 2.27. The van der Waals surface area contributed by atoms with Crippen molar-refractivity contribution in [1.29, 1.82) is 0 Å². The molecule has 0 fully saturated rings. The average molecular weight is 292 g/mol. The van der Waals surface area contributed by atoms with Crippen molar-refractivity contribution in [3.8, 4) is 17.0 Å². The summed E-state index contributed by atoms with van der Waals surface area (Å²) in [6.07, 6.45) is 0. The maximum absolute atomic E-state index is 11.5. The minimum atomic E-state index is -1.20. The number of rotatable bonds is 3. The lowest BCUT2D eigenvalue weighted by molar-refractivity contribution is -0.254. The molecule has 0 unspecified atom stereocenters. The van der Waals surface area contributed by atoms with Gasteiger partial charge < -0.3 is 14.6 Å². The standard InChI is InChI=1S/C18H15NO3/c1-11-4-3-5-14-15(18(20)21)10-16(19-17(11)14)12-6-8-13(22-2)9-7-12/h3-10H,1-2H3,(H,20,21)/p-1. The van der Waals surface area contributed by atoms with E-state index in [1.807, 2.05) is 43.3 Å². The molecule has 0 saturated heterocycles. The number of ether oxygens (including phenoxy) is 1. The number of fused-ring (bicyclic) bond motifs is 1. The average Bonchev–Trinajstić information content (AvgIpc) is 2.54. The molecular formula is C18H14NO3-. The van der Waals surface area contributed by atoms with Gasteiger partial charge in [-0.15, -0.1) is 0 Å². The first-order valence-electron chi connectivity index (χ1n) is 6.86. The highest BCUT2D eigenvalue weighted by Gasteiger charge is 2.10. The molecule has 2 aromatic carbocycles. The monoisotopic (exact) mass is 292 g/mol. The van der Waals surface area contributed by atoms with Gasteiger partial charge in [0.05, 0.1) is 24.3 Å². The van der Waals surface area contributed by atoms with Crippen molar-refractivity contribution < 1.29 is 14.6 Å². The van der Waals surface area contributed by atoms with E-state index in [0.29, 0.717) is 16.6 Å². The summed E-state index contributed by atoms with van der Waals surface area (Å²) in [4.78, 5) is 16.1. The van der Waals surface area contributed by atoms with E-state index in [-0.39, 0.29) is 5.56 Å². The number of para-hydroxylation sites is 1. The van der Waals surface area contributed by atoms with Crippen molar-refractivity contribution >= 4 is 16.9 Å². The van der Waals surface area contributed by atoms with Gasteiger partial charge in [0.25, 0.3) is 0 Å². The molecular weight excluding hydrogens is 278 g/mol. The van der Waals surface area contributed by atoms with Crippen LogP contribution in [0.1, 0.15) is 15.9 Å². The van der Waals surface area contributed by atoms with Gasteiger partial charge in [-0.25, -0.2) is 4.98 Å². The third-order valence-corrected chi connectivity index (χ3v) is 3.65. The number of benzene rings is 2. The molecule has 1 heterocycles. The molecule has 3 rings (SSSR count). The molecule has 0 aliphatic rings. The lowest BCUT2D eigenvalue weighted by Gasteiger charge is -2.12. The molecule has 22 heavy (non-hydrogen) atoms. The maximum atomic E-state index is 11.5. The number of carboxylic acids is 1. The predicted molar refractivity (Wildman–Crippen MR) is 82.8 cm³/mol. The summed E-state index contributed by atoms with van der Waals surface area (Å²) in [5.41, 5.74) is 3.18. The molecule has 4 heteroatoms. The molecule has 110 valence electrons. The Labute approximate surface area is 128 Å². The Balaban J connectivity index is 2.25. The topological polar surface area (TPSA) is 62.2 Å². The van der Waals surface area contributed by atoms with Gasteiger partial charge in [-0.1, -0.05) is 18.2 Å². The molecule has 0 N–H and O–H groups in total. The van der Waals surface area contributed by atoms with Crippen LogP contribution < -0.4 is 9.84 Å². The van der Waals surface area contributed by atoms with Crippen molar-refractivity contribution in [2.75, 3.05) is 7.11 Å². The SMILES string of the molecule is COc1ccc(-c2cc(C(=O)[O-])c3cccc(C)c3n2)cc1. The van der Waals surface area contributed by atoms with Crippen molar-refractivity contribution in [3.05, 3.63) is 59.7 Å². The van der Waals surface area contributed by atoms with Gasteiger partial charge in [-0.3, -0.25) is 0 Å². The fourth-order valence-corrected chi connectivity index (χ4v) is 2.47. The fraction of sp³-hybridized carbons (Fsp3) is 0.111. The molecule has 0 aliphatic heterocycles. The number of aromatic carboxylic acids is 1. The molecule has 0 atom stereocenters. The van der Waals surface area contributed by atoms with Crippen LogP contribution >= 0.6 is 0 Å². The van der Waals surface area contributed by atoms with Gasteiger partial charge in [0.1, 0.15) is 5.75 Å². The zero-order valence-corrected chi connectivity index (χ0v) is 12.3. The summed E-state index contributed by atoms with van der Waals surface area (Å²) >= 11 is 0. The summed E-state index contributed by atoms with van der Waals surface area (Å²) < 4.78 is 5.13. The first-order chi connectivity index (χ1) is 10.6. The van der Waals surface area contributed by atoms with Crippen LogP contribution in [-0.4, -0.2) is 18.1 Å². The van der Waals surface area contributed by atoms with Crippen LogP contribution in [0.2, 0.25) is 0 Å². The highest BCUT2D eigenvalue weighted by molar-refractivity contribution is 6.03. The zero-order chi connectivity index (χ0) is 15.7. The van der Waals surface area contributed by atoms with E-state index in [0.717, 1.165) is 16.9 Å². The number of aromatic nitrogens is 1. The smallest absolute Gasteiger partial charge is 0.118 e. The van der Waals surface area contributed by atoms with Gasteiger partial charge in [-0.05, 0) is 42.8 Å². The molecule has 0 saturated carbocycles. The Morgan fingerprint density at radius 2 is 1.86 bits per heavy atom. The van der Waals surface area contributed by atoms with Crippen LogP contribution in [-0.2, 0) is 0 Å². The summed E-state index contributed by atoms with van der Waals surface area (Å²) in [5, 5.41) is 12.0. The number of pyridine rings is 1. The van der Waals surface area contributed by atoms with E-state index in [2.05, 4.69) is 4.98 Å². The quantitative estimate of drug-likeness (QED) is 0.744. The Hall–Kier alpha value is -2.88. The maximum Gasteiger partial charge on any atom is 0.118 e. The zero-order valence-electron chi connectivity index (χ0n) is 12.3. The van der Waals surface area contributed by atoms with E-state index in [4.69, 9.17) is 4.74 Å². The van der Waals surface area contributed by atoms with Crippen LogP contribution in [0.4, 0.5) is 0 Å². The van der Waals surface area contributed by atoms with E-state index in [1.54, 1.807) is 19.2 Å². The van der Waals surface area contributed by atoms with Gasteiger partial charge in [0.2, 0.25) is 0 Å². The van der Waals surface area contributed by atoms with Crippen molar-refractivity contribution in [1.82, 2.24) is 4.98 Å². The number of carbonyl (C=O) groups excluding carboxylic acids is 1. The molecule has 0 amide bonds. The third kappa shape index (κ3) is 2.39. The number of aryl methyl sites for hydroxylation is 1. The Bertz CT molecular complexity index is 854. The predicted octanol–water partition coefficient (Wildman–Crippen LogP) is 2.58. The summed E-state index contributed by atoms with van der Waals surface area (Å²) in [7, 11) is 1.60.